The third-order valence-electron chi connectivity index (χ3n) is 5.43. The average Bonchev–Trinajstić information content (AvgIpc) is 3.49. The van der Waals surface area contributed by atoms with Crippen LogP contribution in [0.2, 0.25) is 0 Å². The number of furan rings is 1. The van der Waals surface area contributed by atoms with Gasteiger partial charge in [-0.05, 0) is 86.6 Å². The third kappa shape index (κ3) is 5.17. The minimum absolute atomic E-state index is 0.0294. The molecule has 3 aromatic rings. The molecule has 1 aromatic heterocycles. The van der Waals surface area contributed by atoms with E-state index in [1.807, 2.05) is 12.1 Å². The minimum atomic E-state index is -3.85. The number of rotatable bonds is 8. The number of likely N-dealkylation sites (tertiary alicyclic amines) is 1. The SMILES string of the molecule is O=C(NCC(c1ccco1)N1CCCC1)c1ccc(NS(=O)(=O)c2ccc(F)cc2)cc1. The molecule has 1 aliphatic heterocycles. The van der Waals surface area contributed by atoms with Gasteiger partial charge in [-0.2, -0.15) is 0 Å². The van der Waals surface area contributed by atoms with Crippen LogP contribution in [0.4, 0.5) is 10.1 Å². The number of benzene rings is 2. The largest absolute Gasteiger partial charge is 0.468 e. The van der Waals surface area contributed by atoms with Gasteiger partial charge < -0.3 is 9.73 Å². The van der Waals surface area contributed by atoms with Gasteiger partial charge >= 0.3 is 0 Å². The molecule has 7 nitrogen and oxygen atoms in total. The standard InChI is InChI=1S/C23H24FN3O4S/c24-18-7-11-20(12-8-18)32(29,30)26-19-9-5-17(6-10-19)23(28)25-16-21(22-4-3-15-31-22)27-13-1-2-14-27/h3-12,15,21,26H,1-2,13-14,16H2,(H,25,28). The number of amides is 1. The molecule has 0 aliphatic carbocycles. The van der Waals surface area contributed by atoms with Crippen molar-refractivity contribution in [1.29, 1.82) is 0 Å². The van der Waals surface area contributed by atoms with Gasteiger partial charge in [0.15, 0.2) is 0 Å². The maximum Gasteiger partial charge on any atom is 0.261 e. The second-order valence-electron chi connectivity index (χ2n) is 7.62. The lowest BCUT2D eigenvalue weighted by molar-refractivity contribution is 0.0934. The first kappa shape index (κ1) is 22.0. The highest BCUT2D eigenvalue weighted by Crippen LogP contribution is 2.25. The second kappa shape index (κ2) is 9.54. The van der Waals surface area contributed by atoms with Crippen LogP contribution in [0.25, 0.3) is 0 Å². The summed E-state index contributed by atoms with van der Waals surface area (Å²) in [5.74, 6) is 0.0461. The summed E-state index contributed by atoms with van der Waals surface area (Å²) in [5.41, 5.74) is 0.714. The van der Waals surface area contributed by atoms with Crippen molar-refractivity contribution in [1.82, 2.24) is 10.2 Å². The summed E-state index contributed by atoms with van der Waals surface area (Å²) in [5, 5.41) is 2.95. The first-order chi connectivity index (χ1) is 15.4. The summed E-state index contributed by atoms with van der Waals surface area (Å²) in [4.78, 5) is 14.9. The van der Waals surface area contributed by atoms with Gasteiger partial charge in [-0.3, -0.25) is 14.4 Å². The lowest BCUT2D eigenvalue weighted by atomic mass is 10.1. The van der Waals surface area contributed by atoms with Crippen LogP contribution < -0.4 is 10.0 Å². The van der Waals surface area contributed by atoms with Crippen LogP contribution in [0.3, 0.4) is 0 Å². The average molecular weight is 458 g/mol. The van der Waals surface area contributed by atoms with Crippen LogP contribution in [0.1, 0.15) is 35.0 Å². The van der Waals surface area contributed by atoms with Crippen LogP contribution >= 0.6 is 0 Å². The Morgan fingerprint density at radius 1 is 1.03 bits per heavy atom. The molecule has 1 fully saturated rings. The van der Waals surface area contributed by atoms with Crippen molar-refractivity contribution in [2.45, 2.75) is 23.8 Å². The predicted molar refractivity (Wildman–Crippen MR) is 118 cm³/mol. The Kier molecular flexibility index (Phi) is 6.57. The lowest BCUT2D eigenvalue weighted by Gasteiger charge is -2.26. The number of nitrogens with zero attached hydrogens (tertiary/aromatic N) is 1. The number of carbonyl (C=O) groups is 1. The van der Waals surface area contributed by atoms with Gasteiger partial charge in [0.2, 0.25) is 0 Å². The topological polar surface area (TPSA) is 91.7 Å². The van der Waals surface area contributed by atoms with Gasteiger partial charge in [0.1, 0.15) is 11.6 Å². The molecule has 1 aliphatic rings. The van der Waals surface area contributed by atoms with Gasteiger partial charge in [-0.15, -0.1) is 0 Å². The van der Waals surface area contributed by atoms with E-state index < -0.39 is 15.8 Å². The van der Waals surface area contributed by atoms with Gasteiger partial charge in [-0.25, -0.2) is 12.8 Å². The number of anilines is 1. The molecule has 2 N–H and O–H groups in total. The fourth-order valence-corrected chi connectivity index (χ4v) is 4.81. The number of hydrogen-bond donors (Lipinski definition) is 2. The Bertz CT molecular complexity index is 1140. The summed E-state index contributed by atoms with van der Waals surface area (Å²) < 4.78 is 45.9. The smallest absolute Gasteiger partial charge is 0.261 e. The summed E-state index contributed by atoms with van der Waals surface area (Å²) in [7, 11) is -3.85. The van der Waals surface area contributed by atoms with Gasteiger partial charge in [0, 0.05) is 17.8 Å². The van der Waals surface area contributed by atoms with E-state index in [4.69, 9.17) is 4.42 Å². The second-order valence-corrected chi connectivity index (χ2v) is 9.30. The fourth-order valence-electron chi connectivity index (χ4n) is 3.75. The van der Waals surface area contributed by atoms with Crippen LogP contribution in [0.5, 0.6) is 0 Å². The number of carbonyl (C=O) groups excluding carboxylic acids is 1. The molecule has 1 unspecified atom stereocenters. The van der Waals surface area contributed by atoms with Crippen molar-refractivity contribution >= 4 is 21.6 Å². The highest BCUT2D eigenvalue weighted by Gasteiger charge is 2.26. The van der Waals surface area contributed by atoms with Crippen LogP contribution in [-0.4, -0.2) is 38.9 Å². The van der Waals surface area contributed by atoms with E-state index in [2.05, 4.69) is 14.9 Å². The number of hydrogen-bond acceptors (Lipinski definition) is 5. The molecular formula is C23H24FN3O4S. The Hall–Kier alpha value is -3.17. The first-order valence-corrected chi connectivity index (χ1v) is 11.8. The third-order valence-corrected chi connectivity index (χ3v) is 6.83. The van der Waals surface area contributed by atoms with E-state index in [9.17, 15) is 17.6 Å². The normalized spacial score (nSPS) is 15.4. The highest BCUT2D eigenvalue weighted by molar-refractivity contribution is 7.92. The fraction of sp³-hybridized carbons (Fsp3) is 0.261. The summed E-state index contributed by atoms with van der Waals surface area (Å²) in [6, 6.07) is 14.4. The number of sulfonamides is 1. The molecule has 1 atom stereocenters. The molecule has 2 heterocycles. The van der Waals surface area contributed by atoms with E-state index in [0.29, 0.717) is 17.8 Å². The van der Waals surface area contributed by atoms with E-state index in [-0.39, 0.29) is 16.8 Å². The maximum absolute atomic E-state index is 13.0. The molecule has 4 rings (SSSR count). The Balaban J connectivity index is 1.39. The molecule has 9 heteroatoms. The highest BCUT2D eigenvalue weighted by atomic mass is 32.2. The molecule has 2 aromatic carbocycles. The van der Waals surface area contributed by atoms with E-state index >= 15 is 0 Å². The molecule has 0 saturated carbocycles. The quantitative estimate of drug-likeness (QED) is 0.537. The minimum Gasteiger partial charge on any atom is -0.468 e. The van der Waals surface area contributed by atoms with Crippen molar-refractivity contribution in [2.75, 3.05) is 24.4 Å². The Morgan fingerprint density at radius 3 is 2.34 bits per heavy atom. The molecule has 0 bridgehead atoms. The molecule has 1 amide bonds. The first-order valence-electron chi connectivity index (χ1n) is 10.4. The molecule has 168 valence electrons. The lowest BCUT2D eigenvalue weighted by Crippen LogP contribution is -2.36. The monoisotopic (exact) mass is 457 g/mol. The molecule has 0 spiro atoms. The van der Waals surface area contributed by atoms with Gasteiger partial charge in [0.25, 0.3) is 15.9 Å². The van der Waals surface area contributed by atoms with Crippen LogP contribution in [-0.2, 0) is 10.0 Å². The van der Waals surface area contributed by atoms with Gasteiger partial charge in [0.05, 0.1) is 17.2 Å². The summed E-state index contributed by atoms with van der Waals surface area (Å²) in [6.45, 7) is 2.33. The Morgan fingerprint density at radius 2 is 1.72 bits per heavy atom. The van der Waals surface area contributed by atoms with Gasteiger partial charge in [-0.1, -0.05) is 0 Å². The summed E-state index contributed by atoms with van der Waals surface area (Å²) >= 11 is 0. The van der Waals surface area contributed by atoms with Crippen molar-refractivity contribution in [2.24, 2.45) is 0 Å². The molecular weight excluding hydrogens is 433 g/mol. The number of nitrogens with one attached hydrogen (secondary N) is 2. The zero-order chi connectivity index (χ0) is 22.6. The molecule has 32 heavy (non-hydrogen) atoms. The molecule has 0 radical (unpaired) electrons. The van der Waals surface area contributed by atoms with E-state index in [1.165, 1.54) is 24.3 Å². The zero-order valence-corrected chi connectivity index (χ0v) is 18.1. The predicted octanol–water partition coefficient (Wildman–Crippen LogP) is 3.79. The van der Waals surface area contributed by atoms with E-state index in [0.717, 1.165) is 43.8 Å². The Labute approximate surface area is 186 Å². The van der Waals surface area contributed by atoms with E-state index in [1.54, 1.807) is 18.4 Å². The summed E-state index contributed by atoms with van der Waals surface area (Å²) in [6.07, 6.45) is 3.88. The van der Waals surface area contributed by atoms with Crippen molar-refractivity contribution in [3.8, 4) is 0 Å². The van der Waals surface area contributed by atoms with Crippen molar-refractivity contribution in [3.05, 3.63) is 84.1 Å². The molecule has 1 saturated heterocycles. The zero-order valence-electron chi connectivity index (χ0n) is 17.3. The maximum atomic E-state index is 13.0. The van der Waals surface area contributed by atoms with Crippen LogP contribution in [0.15, 0.2) is 76.2 Å². The van der Waals surface area contributed by atoms with Crippen molar-refractivity contribution in [3.63, 3.8) is 0 Å². The van der Waals surface area contributed by atoms with Crippen LogP contribution in [0, 0.1) is 5.82 Å². The number of halogens is 1. The van der Waals surface area contributed by atoms with Crippen molar-refractivity contribution < 1.29 is 22.0 Å².